The molecule has 0 unspecified atom stereocenters. The van der Waals surface area contributed by atoms with Gasteiger partial charge in [0.25, 0.3) is 0 Å². The van der Waals surface area contributed by atoms with Crippen molar-refractivity contribution in [1.29, 1.82) is 0 Å². The van der Waals surface area contributed by atoms with E-state index in [0.29, 0.717) is 6.61 Å². The Bertz CT molecular complexity index is 421. The molecule has 0 N–H and O–H groups in total. The molecule has 1 heterocycles. The van der Waals surface area contributed by atoms with E-state index in [4.69, 9.17) is 23.7 Å². The number of hydrogen-bond acceptors (Lipinski definition) is 8. The first-order valence-electron chi connectivity index (χ1n) is 7.05. The van der Waals surface area contributed by atoms with Gasteiger partial charge in [-0.05, 0) is 13.8 Å². The molecule has 0 spiro atoms. The Kier molecular flexibility index (Phi) is 6.76. The molecule has 1 saturated heterocycles. The van der Waals surface area contributed by atoms with Crippen LogP contribution >= 0.6 is 0 Å². The number of carbonyl (C=O) groups excluding carboxylic acids is 3. The lowest BCUT2D eigenvalue weighted by Gasteiger charge is -2.43. The molecule has 5 atom stereocenters. The number of ether oxygens (including phenoxy) is 5. The molecule has 8 nitrogen and oxygen atoms in total. The fraction of sp³-hybridized carbons (Fsp3) is 0.786. The van der Waals surface area contributed by atoms with Crippen LogP contribution in [0.15, 0.2) is 0 Å². The molecule has 0 bridgehead atoms. The molecule has 1 rings (SSSR count). The summed E-state index contributed by atoms with van der Waals surface area (Å²) in [6.45, 7) is 7.36. The monoisotopic (exact) mass is 318 g/mol. The van der Waals surface area contributed by atoms with Gasteiger partial charge in [-0.3, -0.25) is 14.4 Å². The zero-order chi connectivity index (χ0) is 16.9. The topological polar surface area (TPSA) is 97.4 Å². The molecule has 0 aromatic rings. The van der Waals surface area contributed by atoms with Gasteiger partial charge < -0.3 is 23.7 Å². The molecule has 0 saturated carbocycles. The van der Waals surface area contributed by atoms with Crippen LogP contribution in [0.4, 0.5) is 0 Å². The summed E-state index contributed by atoms with van der Waals surface area (Å²) < 4.78 is 26.5. The lowest BCUT2D eigenvalue weighted by Crippen LogP contribution is -2.61. The molecule has 1 fully saturated rings. The van der Waals surface area contributed by atoms with Crippen molar-refractivity contribution in [2.24, 2.45) is 0 Å². The molecule has 8 heteroatoms. The molecule has 0 radical (unpaired) electrons. The Labute approximate surface area is 129 Å². The predicted octanol–water partition coefficient (Wildman–Crippen LogP) is 0.563. The summed E-state index contributed by atoms with van der Waals surface area (Å²) in [5, 5.41) is 0. The van der Waals surface area contributed by atoms with E-state index < -0.39 is 48.6 Å². The average Bonchev–Trinajstić information content (AvgIpc) is 2.37. The van der Waals surface area contributed by atoms with Crippen LogP contribution in [0.25, 0.3) is 0 Å². The van der Waals surface area contributed by atoms with Crippen molar-refractivity contribution in [2.75, 3.05) is 6.61 Å². The third-order valence-corrected chi connectivity index (χ3v) is 2.96. The van der Waals surface area contributed by atoms with Gasteiger partial charge in [0, 0.05) is 27.4 Å². The van der Waals surface area contributed by atoms with Gasteiger partial charge >= 0.3 is 17.9 Å². The third kappa shape index (κ3) is 4.96. The minimum Gasteiger partial charge on any atom is -0.456 e. The number of carbonyl (C=O) groups is 3. The Morgan fingerprint density at radius 3 is 1.77 bits per heavy atom. The molecule has 22 heavy (non-hydrogen) atoms. The van der Waals surface area contributed by atoms with Gasteiger partial charge in [0.2, 0.25) is 0 Å². The fourth-order valence-corrected chi connectivity index (χ4v) is 2.27. The van der Waals surface area contributed by atoms with Crippen molar-refractivity contribution in [3.63, 3.8) is 0 Å². The highest BCUT2D eigenvalue weighted by Crippen LogP contribution is 2.29. The third-order valence-electron chi connectivity index (χ3n) is 2.96. The largest absolute Gasteiger partial charge is 0.456 e. The van der Waals surface area contributed by atoms with E-state index in [0.717, 1.165) is 0 Å². The summed E-state index contributed by atoms with van der Waals surface area (Å²) in [5.74, 6) is -1.75. The first-order valence-corrected chi connectivity index (χ1v) is 7.05. The smallest absolute Gasteiger partial charge is 0.303 e. The predicted molar refractivity (Wildman–Crippen MR) is 72.6 cm³/mol. The van der Waals surface area contributed by atoms with Crippen LogP contribution in [-0.4, -0.2) is 55.2 Å². The van der Waals surface area contributed by atoms with Gasteiger partial charge in [-0.2, -0.15) is 0 Å². The first kappa shape index (κ1) is 18.4. The van der Waals surface area contributed by atoms with E-state index in [1.54, 1.807) is 13.8 Å². The van der Waals surface area contributed by atoms with Crippen LogP contribution in [0.3, 0.4) is 0 Å². The summed E-state index contributed by atoms with van der Waals surface area (Å²) in [4.78, 5) is 34.0. The maximum Gasteiger partial charge on any atom is 0.303 e. The van der Waals surface area contributed by atoms with Gasteiger partial charge in [-0.25, -0.2) is 0 Å². The minimum absolute atomic E-state index is 0.306. The van der Waals surface area contributed by atoms with Crippen LogP contribution in [0.2, 0.25) is 0 Å². The van der Waals surface area contributed by atoms with Gasteiger partial charge in [0.15, 0.2) is 24.6 Å². The van der Waals surface area contributed by atoms with Gasteiger partial charge in [0.1, 0.15) is 0 Å². The van der Waals surface area contributed by atoms with E-state index in [-0.39, 0.29) is 0 Å². The molecular formula is C14H22O8. The van der Waals surface area contributed by atoms with Gasteiger partial charge in [-0.1, -0.05) is 0 Å². The maximum absolute atomic E-state index is 11.4. The number of esters is 3. The highest BCUT2D eigenvalue weighted by atomic mass is 16.7. The zero-order valence-electron chi connectivity index (χ0n) is 13.4. The fourth-order valence-electron chi connectivity index (χ4n) is 2.27. The van der Waals surface area contributed by atoms with Crippen LogP contribution < -0.4 is 0 Å². The van der Waals surface area contributed by atoms with Crippen molar-refractivity contribution in [2.45, 2.75) is 65.3 Å². The van der Waals surface area contributed by atoms with Gasteiger partial charge in [-0.15, -0.1) is 0 Å². The summed E-state index contributed by atoms with van der Waals surface area (Å²) in [6, 6.07) is 0. The summed E-state index contributed by atoms with van der Waals surface area (Å²) in [6.07, 6.45) is -4.45. The molecule has 0 aromatic heterocycles. The van der Waals surface area contributed by atoms with Crippen molar-refractivity contribution in [3.8, 4) is 0 Å². The van der Waals surface area contributed by atoms with Crippen molar-refractivity contribution < 1.29 is 38.1 Å². The number of rotatable bonds is 5. The molecule has 0 aliphatic carbocycles. The molecule has 0 amide bonds. The van der Waals surface area contributed by atoms with Crippen LogP contribution in [0.5, 0.6) is 0 Å². The van der Waals surface area contributed by atoms with Crippen LogP contribution in [-0.2, 0) is 38.1 Å². The van der Waals surface area contributed by atoms with E-state index in [1.807, 2.05) is 0 Å². The maximum atomic E-state index is 11.4. The molecule has 126 valence electrons. The quantitative estimate of drug-likeness (QED) is 0.536. The first-order chi connectivity index (χ1) is 10.3. The highest BCUT2D eigenvalue weighted by Gasteiger charge is 2.50. The molecule has 1 aliphatic rings. The van der Waals surface area contributed by atoms with Crippen molar-refractivity contribution in [3.05, 3.63) is 0 Å². The average molecular weight is 318 g/mol. The molecule has 1 aliphatic heterocycles. The second kappa shape index (κ2) is 8.09. The van der Waals surface area contributed by atoms with Crippen LogP contribution in [0, 0.1) is 0 Å². The minimum atomic E-state index is -1.03. The lowest BCUT2D eigenvalue weighted by atomic mass is 9.99. The van der Waals surface area contributed by atoms with Gasteiger partial charge in [0.05, 0.1) is 6.10 Å². The zero-order valence-corrected chi connectivity index (χ0v) is 13.4. The van der Waals surface area contributed by atoms with Crippen LogP contribution in [0.1, 0.15) is 34.6 Å². The molecular weight excluding hydrogens is 296 g/mol. The van der Waals surface area contributed by atoms with Crippen molar-refractivity contribution in [1.82, 2.24) is 0 Å². The summed E-state index contributed by atoms with van der Waals surface area (Å²) in [5.41, 5.74) is 0. The van der Waals surface area contributed by atoms with Crippen molar-refractivity contribution >= 4 is 17.9 Å². The Morgan fingerprint density at radius 2 is 1.32 bits per heavy atom. The normalized spacial score (nSPS) is 31.2. The molecule has 0 aromatic carbocycles. The SMILES string of the molecule is CCO[C@@H]1O[C@@H](C)[C@H](OC(C)=O)[C@@H](OC(C)=O)[C@H]1OC(C)=O. The Balaban J connectivity index is 3.09. The standard InChI is InChI=1S/C14H22O8/c1-6-18-14-13(22-10(5)17)12(21-9(4)16)11(7(2)19-14)20-8(3)15/h7,11-14H,6H2,1-5H3/t7-,11-,12+,13+,14+/m0/s1. The second-order valence-electron chi connectivity index (χ2n) is 4.89. The van der Waals surface area contributed by atoms with E-state index >= 15 is 0 Å². The Hall–Kier alpha value is -1.67. The van der Waals surface area contributed by atoms with E-state index in [1.165, 1.54) is 20.8 Å². The van der Waals surface area contributed by atoms with E-state index in [9.17, 15) is 14.4 Å². The Morgan fingerprint density at radius 1 is 0.864 bits per heavy atom. The summed E-state index contributed by atoms with van der Waals surface area (Å²) >= 11 is 0. The number of hydrogen-bond donors (Lipinski definition) is 0. The van der Waals surface area contributed by atoms with E-state index in [2.05, 4.69) is 0 Å². The summed E-state index contributed by atoms with van der Waals surface area (Å²) in [7, 11) is 0. The second-order valence-corrected chi connectivity index (χ2v) is 4.89. The highest BCUT2D eigenvalue weighted by molar-refractivity contribution is 5.68. The lowest BCUT2D eigenvalue weighted by molar-refractivity contribution is -0.299.